The highest BCUT2D eigenvalue weighted by molar-refractivity contribution is 7.90. The number of rotatable bonds is 6. The zero-order valence-corrected chi connectivity index (χ0v) is 14.5. The van der Waals surface area contributed by atoms with Crippen LogP contribution in [0, 0.1) is 0 Å². The van der Waals surface area contributed by atoms with E-state index in [1.165, 1.54) is 12.1 Å². The Morgan fingerprint density at radius 1 is 1.09 bits per heavy atom. The van der Waals surface area contributed by atoms with E-state index in [2.05, 4.69) is 14.9 Å². The van der Waals surface area contributed by atoms with Gasteiger partial charge in [0.05, 0.1) is 11.4 Å². The van der Waals surface area contributed by atoms with Crippen molar-refractivity contribution in [2.45, 2.75) is 36.4 Å². The number of benzene rings is 1. The normalized spacial score (nSPS) is 12.7. The molecule has 0 fully saturated rings. The van der Waals surface area contributed by atoms with Crippen molar-refractivity contribution < 1.29 is 21.3 Å². The van der Waals surface area contributed by atoms with Crippen LogP contribution in [-0.4, -0.2) is 33.3 Å². The largest absolute Gasteiger partial charge is 0.411 e. The van der Waals surface area contributed by atoms with Crippen molar-refractivity contribution in [2.75, 3.05) is 6.26 Å². The first kappa shape index (κ1) is 17.6. The molecule has 0 aliphatic heterocycles. The summed E-state index contributed by atoms with van der Waals surface area (Å²) < 4.78 is 54.0. The average Bonchev–Trinajstić information content (AvgIpc) is 2.94. The van der Waals surface area contributed by atoms with E-state index in [1.54, 1.807) is 12.1 Å². The van der Waals surface area contributed by atoms with E-state index in [4.69, 9.17) is 4.42 Å². The van der Waals surface area contributed by atoms with Gasteiger partial charge in [-0.1, -0.05) is 31.1 Å². The maximum atomic E-state index is 12.2. The molecule has 1 aromatic heterocycles. The Morgan fingerprint density at radius 2 is 1.70 bits per heavy atom. The topological polar surface area (TPSA) is 119 Å². The molecule has 8 nitrogen and oxygen atoms in total. The summed E-state index contributed by atoms with van der Waals surface area (Å²) in [5.74, 6) is 0.167. The van der Waals surface area contributed by atoms with E-state index in [0.29, 0.717) is 5.92 Å². The molecule has 23 heavy (non-hydrogen) atoms. The second-order valence-corrected chi connectivity index (χ2v) is 8.94. The highest BCUT2D eigenvalue weighted by Gasteiger charge is 2.19. The first-order chi connectivity index (χ1) is 10.6. The predicted octanol–water partition coefficient (Wildman–Crippen LogP) is 1.07. The highest BCUT2D eigenvalue weighted by Crippen LogP contribution is 2.17. The van der Waals surface area contributed by atoms with Crippen LogP contribution < -0.4 is 4.72 Å². The molecule has 10 heteroatoms. The fraction of sp³-hybridized carbons (Fsp3) is 0.385. The van der Waals surface area contributed by atoms with Gasteiger partial charge in [0.1, 0.15) is 0 Å². The summed E-state index contributed by atoms with van der Waals surface area (Å²) in [4.78, 5) is 0.102. The van der Waals surface area contributed by atoms with Crippen molar-refractivity contribution in [3.8, 4) is 0 Å². The molecule has 2 aromatic rings. The van der Waals surface area contributed by atoms with Gasteiger partial charge in [0, 0.05) is 6.26 Å². The molecule has 0 atom stereocenters. The molecule has 1 heterocycles. The fourth-order valence-electron chi connectivity index (χ4n) is 1.73. The van der Waals surface area contributed by atoms with Crippen molar-refractivity contribution in [3.05, 3.63) is 35.7 Å². The van der Waals surface area contributed by atoms with Gasteiger partial charge in [0.2, 0.25) is 25.8 Å². The molecule has 1 aromatic carbocycles. The number of sulfonamides is 1. The summed E-state index contributed by atoms with van der Waals surface area (Å²) >= 11 is 0. The molecule has 0 bridgehead atoms. The summed E-state index contributed by atoms with van der Waals surface area (Å²) in [6.45, 7) is 3.73. The minimum atomic E-state index is -3.75. The molecule has 126 valence electrons. The van der Waals surface area contributed by atoms with Gasteiger partial charge in [-0.2, -0.15) is 0 Å². The van der Waals surface area contributed by atoms with Gasteiger partial charge in [-0.25, -0.2) is 21.6 Å². The van der Waals surface area contributed by atoms with E-state index in [1.807, 2.05) is 13.8 Å². The second kappa shape index (κ2) is 6.38. The first-order valence-corrected chi connectivity index (χ1v) is 10.1. The highest BCUT2D eigenvalue weighted by atomic mass is 32.2. The molecule has 0 spiro atoms. The van der Waals surface area contributed by atoms with Crippen LogP contribution in [0.25, 0.3) is 0 Å². The van der Waals surface area contributed by atoms with Crippen LogP contribution in [0.1, 0.15) is 31.2 Å². The third-order valence-corrected chi connectivity index (χ3v) is 5.25. The minimum Gasteiger partial charge on any atom is -0.411 e. The summed E-state index contributed by atoms with van der Waals surface area (Å²) in [5, 5.41) is 6.30. The third-order valence-electron chi connectivity index (χ3n) is 3.04. The zero-order valence-electron chi connectivity index (χ0n) is 12.8. The third kappa shape index (κ3) is 4.36. The summed E-state index contributed by atoms with van der Waals surface area (Å²) in [6.07, 6.45) is 0.921. The van der Waals surface area contributed by atoms with Crippen LogP contribution in [0.3, 0.4) is 0 Å². The SMILES string of the molecule is CC(C)c1ccc(S(=O)(=O)NCc2nnc(S(C)(=O)=O)o2)cc1. The maximum Gasteiger partial charge on any atom is 0.335 e. The van der Waals surface area contributed by atoms with Crippen LogP contribution in [-0.2, 0) is 26.4 Å². The Balaban J connectivity index is 2.11. The Hall–Kier alpha value is -1.78. The zero-order chi connectivity index (χ0) is 17.3. The average molecular weight is 359 g/mol. The maximum absolute atomic E-state index is 12.2. The molecule has 2 rings (SSSR count). The van der Waals surface area contributed by atoms with Crippen LogP contribution in [0.5, 0.6) is 0 Å². The molecule has 0 saturated carbocycles. The molecular formula is C13H17N3O5S2. The number of nitrogens with one attached hydrogen (secondary N) is 1. The molecule has 0 aliphatic rings. The number of hydrogen-bond acceptors (Lipinski definition) is 7. The van der Waals surface area contributed by atoms with E-state index in [9.17, 15) is 16.8 Å². The van der Waals surface area contributed by atoms with Gasteiger partial charge in [0.25, 0.3) is 0 Å². The molecule has 0 unspecified atom stereocenters. The van der Waals surface area contributed by atoms with Crippen molar-refractivity contribution >= 4 is 19.9 Å². The number of aromatic nitrogens is 2. The lowest BCUT2D eigenvalue weighted by Gasteiger charge is -2.08. The van der Waals surface area contributed by atoms with Gasteiger partial charge in [-0.3, -0.25) is 0 Å². The van der Waals surface area contributed by atoms with Crippen molar-refractivity contribution in [2.24, 2.45) is 0 Å². The van der Waals surface area contributed by atoms with Gasteiger partial charge in [0.15, 0.2) is 0 Å². The van der Waals surface area contributed by atoms with E-state index in [0.717, 1.165) is 11.8 Å². The monoisotopic (exact) mass is 359 g/mol. The standard InChI is InChI=1S/C13H17N3O5S2/c1-9(2)10-4-6-11(7-5-10)23(19,20)14-8-12-15-16-13(21-12)22(3,17)18/h4-7,9,14H,8H2,1-3H3. The molecular weight excluding hydrogens is 342 g/mol. The molecule has 0 radical (unpaired) electrons. The number of nitrogens with zero attached hydrogens (tertiary/aromatic N) is 2. The predicted molar refractivity (Wildman–Crippen MR) is 82.0 cm³/mol. The van der Waals surface area contributed by atoms with E-state index >= 15 is 0 Å². The van der Waals surface area contributed by atoms with Crippen molar-refractivity contribution in [3.63, 3.8) is 0 Å². The molecule has 0 aliphatic carbocycles. The summed E-state index contributed by atoms with van der Waals surface area (Å²) in [5.41, 5.74) is 1.03. The Bertz CT molecular complexity index is 884. The number of sulfone groups is 1. The second-order valence-electron chi connectivity index (χ2n) is 5.28. The fourth-order valence-corrected chi connectivity index (χ4v) is 3.14. The van der Waals surface area contributed by atoms with Gasteiger partial charge in [-0.05, 0) is 23.6 Å². The quantitative estimate of drug-likeness (QED) is 0.819. The lowest BCUT2D eigenvalue weighted by molar-refractivity contribution is 0.394. The van der Waals surface area contributed by atoms with Crippen LogP contribution in [0.4, 0.5) is 0 Å². The number of hydrogen-bond donors (Lipinski definition) is 1. The Kier molecular flexibility index (Phi) is 4.87. The first-order valence-electron chi connectivity index (χ1n) is 6.71. The van der Waals surface area contributed by atoms with Gasteiger partial charge in [-0.15, -0.1) is 5.10 Å². The smallest absolute Gasteiger partial charge is 0.335 e. The van der Waals surface area contributed by atoms with E-state index < -0.39 is 25.1 Å². The molecule has 0 amide bonds. The minimum absolute atomic E-state index is 0.102. The lowest BCUT2D eigenvalue weighted by atomic mass is 10.0. The van der Waals surface area contributed by atoms with E-state index in [-0.39, 0.29) is 17.3 Å². The van der Waals surface area contributed by atoms with Crippen LogP contribution in [0.2, 0.25) is 0 Å². The van der Waals surface area contributed by atoms with Crippen molar-refractivity contribution in [1.29, 1.82) is 0 Å². The summed E-state index contributed by atoms with van der Waals surface area (Å²) in [6, 6.07) is 6.50. The summed E-state index contributed by atoms with van der Waals surface area (Å²) in [7, 11) is -7.37. The lowest BCUT2D eigenvalue weighted by Crippen LogP contribution is -2.23. The van der Waals surface area contributed by atoms with Crippen LogP contribution in [0.15, 0.2) is 38.8 Å². The van der Waals surface area contributed by atoms with Crippen LogP contribution >= 0.6 is 0 Å². The molecule has 1 N–H and O–H groups in total. The Labute approximate surface area is 134 Å². The van der Waals surface area contributed by atoms with Crippen molar-refractivity contribution in [1.82, 2.24) is 14.9 Å². The molecule has 0 saturated heterocycles. The Morgan fingerprint density at radius 3 is 2.17 bits per heavy atom. The van der Waals surface area contributed by atoms with Gasteiger partial charge >= 0.3 is 5.22 Å². The van der Waals surface area contributed by atoms with Gasteiger partial charge < -0.3 is 4.42 Å².